The van der Waals surface area contributed by atoms with E-state index in [-0.39, 0.29) is 12.0 Å². The van der Waals surface area contributed by atoms with E-state index in [1.165, 1.54) is 5.56 Å². The molecule has 1 amide bonds. The maximum Gasteiger partial charge on any atom is 0.251 e. The summed E-state index contributed by atoms with van der Waals surface area (Å²) in [6.45, 7) is 6.69. The van der Waals surface area contributed by atoms with E-state index >= 15 is 0 Å². The lowest BCUT2D eigenvalue weighted by molar-refractivity contribution is -0.0292. The second-order valence-electron chi connectivity index (χ2n) is 7.15. The number of carbonyl (C=O) groups excluding carboxylic acids is 1. The van der Waals surface area contributed by atoms with Crippen LogP contribution in [0.2, 0.25) is 0 Å². The molecule has 1 aliphatic heterocycles. The zero-order valence-corrected chi connectivity index (χ0v) is 16.6. The SMILES string of the molecule is CCCCOc1ccc(C(=O)NCC2CN(Cc3ccccc3)CCO2)cc1. The molecule has 0 bridgehead atoms. The van der Waals surface area contributed by atoms with E-state index in [1.54, 1.807) is 12.1 Å². The number of carbonyl (C=O) groups is 1. The van der Waals surface area contributed by atoms with Crippen molar-refractivity contribution >= 4 is 5.91 Å². The van der Waals surface area contributed by atoms with Crippen molar-refractivity contribution in [3.63, 3.8) is 0 Å². The Morgan fingerprint density at radius 3 is 2.71 bits per heavy atom. The lowest BCUT2D eigenvalue weighted by Crippen LogP contribution is -2.47. The van der Waals surface area contributed by atoms with Gasteiger partial charge in [0.05, 0.1) is 19.3 Å². The summed E-state index contributed by atoms with van der Waals surface area (Å²) in [4.78, 5) is 14.8. The van der Waals surface area contributed by atoms with Gasteiger partial charge in [-0.3, -0.25) is 9.69 Å². The first kappa shape index (κ1) is 20.4. The summed E-state index contributed by atoms with van der Waals surface area (Å²) in [6.07, 6.45) is 2.15. The fourth-order valence-electron chi connectivity index (χ4n) is 3.23. The van der Waals surface area contributed by atoms with Crippen molar-refractivity contribution in [2.45, 2.75) is 32.4 Å². The van der Waals surface area contributed by atoms with Gasteiger partial charge in [0, 0.05) is 31.7 Å². The van der Waals surface area contributed by atoms with E-state index in [0.29, 0.717) is 25.3 Å². The molecular formula is C23H30N2O3. The average Bonchev–Trinajstić information content (AvgIpc) is 2.74. The number of benzene rings is 2. The van der Waals surface area contributed by atoms with Crippen LogP contribution in [0.3, 0.4) is 0 Å². The van der Waals surface area contributed by atoms with E-state index < -0.39 is 0 Å². The Labute approximate surface area is 167 Å². The van der Waals surface area contributed by atoms with E-state index in [4.69, 9.17) is 9.47 Å². The molecule has 0 aliphatic carbocycles. The zero-order valence-electron chi connectivity index (χ0n) is 16.6. The minimum atomic E-state index is -0.0797. The third-order valence-corrected chi connectivity index (χ3v) is 4.85. The normalized spacial score (nSPS) is 17.2. The molecule has 1 aliphatic rings. The molecular weight excluding hydrogens is 352 g/mol. The van der Waals surface area contributed by atoms with E-state index in [0.717, 1.165) is 38.2 Å². The number of nitrogens with zero attached hydrogens (tertiary/aromatic N) is 1. The molecule has 2 aromatic rings. The van der Waals surface area contributed by atoms with Crippen molar-refractivity contribution in [3.8, 4) is 5.75 Å². The third-order valence-electron chi connectivity index (χ3n) is 4.85. The molecule has 1 fully saturated rings. The first-order valence-corrected chi connectivity index (χ1v) is 10.1. The molecule has 1 N–H and O–H groups in total. The van der Waals surface area contributed by atoms with Gasteiger partial charge in [-0.15, -0.1) is 0 Å². The Hall–Kier alpha value is -2.37. The highest BCUT2D eigenvalue weighted by Gasteiger charge is 2.21. The highest BCUT2D eigenvalue weighted by Crippen LogP contribution is 2.13. The fraction of sp³-hybridized carbons (Fsp3) is 0.435. The third kappa shape index (κ3) is 6.36. The summed E-state index contributed by atoms with van der Waals surface area (Å²) in [6, 6.07) is 17.8. The number of hydrogen-bond donors (Lipinski definition) is 1. The summed E-state index contributed by atoms with van der Waals surface area (Å²) in [5, 5.41) is 2.99. The van der Waals surface area contributed by atoms with Gasteiger partial charge in [0.1, 0.15) is 5.75 Å². The average molecular weight is 383 g/mol. The molecule has 1 atom stereocenters. The van der Waals surface area contributed by atoms with Crippen LogP contribution in [-0.2, 0) is 11.3 Å². The van der Waals surface area contributed by atoms with E-state index in [1.807, 2.05) is 18.2 Å². The quantitative estimate of drug-likeness (QED) is 0.675. The largest absolute Gasteiger partial charge is 0.494 e. The molecule has 3 rings (SSSR count). The maximum atomic E-state index is 12.4. The van der Waals surface area contributed by atoms with Crippen LogP contribution in [0.15, 0.2) is 54.6 Å². The van der Waals surface area contributed by atoms with Crippen molar-refractivity contribution < 1.29 is 14.3 Å². The second-order valence-corrected chi connectivity index (χ2v) is 7.15. The number of amides is 1. The Kier molecular flexibility index (Phi) is 7.88. The van der Waals surface area contributed by atoms with Crippen LogP contribution in [0.25, 0.3) is 0 Å². The first-order chi connectivity index (χ1) is 13.7. The second kappa shape index (κ2) is 10.8. The number of morpholine rings is 1. The summed E-state index contributed by atoms with van der Waals surface area (Å²) in [7, 11) is 0. The predicted octanol–water partition coefficient (Wildman–Crippen LogP) is 3.50. The number of nitrogens with one attached hydrogen (secondary N) is 1. The number of hydrogen-bond acceptors (Lipinski definition) is 4. The molecule has 150 valence electrons. The lowest BCUT2D eigenvalue weighted by Gasteiger charge is -2.33. The molecule has 28 heavy (non-hydrogen) atoms. The van der Waals surface area contributed by atoms with Crippen LogP contribution >= 0.6 is 0 Å². The lowest BCUT2D eigenvalue weighted by atomic mass is 10.1. The fourth-order valence-corrected chi connectivity index (χ4v) is 3.23. The van der Waals surface area contributed by atoms with Crippen molar-refractivity contribution in [1.29, 1.82) is 0 Å². The molecule has 5 nitrogen and oxygen atoms in total. The van der Waals surface area contributed by atoms with Crippen LogP contribution < -0.4 is 10.1 Å². The summed E-state index contributed by atoms with van der Waals surface area (Å²) in [5.74, 6) is 0.723. The van der Waals surface area contributed by atoms with Gasteiger partial charge in [-0.05, 0) is 36.2 Å². The molecule has 1 saturated heterocycles. The van der Waals surface area contributed by atoms with Gasteiger partial charge in [-0.1, -0.05) is 43.7 Å². The molecule has 0 saturated carbocycles. The van der Waals surface area contributed by atoms with Crippen LogP contribution in [0.5, 0.6) is 5.75 Å². The van der Waals surface area contributed by atoms with Crippen molar-refractivity contribution in [3.05, 3.63) is 65.7 Å². The minimum absolute atomic E-state index is 0.0121. The zero-order chi connectivity index (χ0) is 19.6. The Morgan fingerprint density at radius 1 is 1.18 bits per heavy atom. The number of unbranched alkanes of at least 4 members (excludes halogenated alkanes) is 1. The smallest absolute Gasteiger partial charge is 0.251 e. The summed E-state index contributed by atoms with van der Waals surface area (Å²) in [5.41, 5.74) is 1.94. The number of ether oxygens (including phenoxy) is 2. The standard InChI is InChI=1S/C23H30N2O3/c1-2-3-14-27-21-11-9-20(10-12-21)23(26)24-16-22-18-25(13-15-28-22)17-19-7-5-4-6-8-19/h4-12,22H,2-3,13-18H2,1H3,(H,24,26). The van der Waals surface area contributed by atoms with Gasteiger partial charge in [-0.2, -0.15) is 0 Å². The Balaban J connectivity index is 1.43. The van der Waals surface area contributed by atoms with Crippen LogP contribution in [0.4, 0.5) is 0 Å². The van der Waals surface area contributed by atoms with Crippen LogP contribution in [-0.4, -0.2) is 49.8 Å². The van der Waals surface area contributed by atoms with E-state index in [9.17, 15) is 4.79 Å². The van der Waals surface area contributed by atoms with Crippen molar-refractivity contribution in [1.82, 2.24) is 10.2 Å². The van der Waals surface area contributed by atoms with Gasteiger partial charge < -0.3 is 14.8 Å². The van der Waals surface area contributed by atoms with Gasteiger partial charge >= 0.3 is 0 Å². The van der Waals surface area contributed by atoms with Crippen molar-refractivity contribution in [2.75, 3.05) is 32.8 Å². The highest BCUT2D eigenvalue weighted by molar-refractivity contribution is 5.94. The minimum Gasteiger partial charge on any atom is -0.494 e. The number of rotatable bonds is 9. The molecule has 1 heterocycles. The molecule has 1 unspecified atom stereocenters. The molecule has 0 spiro atoms. The monoisotopic (exact) mass is 382 g/mol. The first-order valence-electron chi connectivity index (χ1n) is 10.1. The molecule has 0 radical (unpaired) electrons. The summed E-state index contributed by atoms with van der Waals surface area (Å²) >= 11 is 0. The predicted molar refractivity (Wildman–Crippen MR) is 111 cm³/mol. The van der Waals surface area contributed by atoms with E-state index in [2.05, 4.69) is 41.4 Å². The Morgan fingerprint density at radius 2 is 1.96 bits per heavy atom. The molecule has 0 aromatic heterocycles. The van der Waals surface area contributed by atoms with Crippen molar-refractivity contribution in [2.24, 2.45) is 0 Å². The maximum absolute atomic E-state index is 12.4. The van der Waals surface area contributed by atoms with Gasteiger partial charge in [0.15, 0.2) is 0 Å². The topological polar surface area (TPSA) is 50.8 Å². The molecule has 2 aromatic carbocycles. The van der Waals surface area contributed by atoms with Gasteiger partial charge in [-0.25, -0.2) is 0 Å². The Bertz CT molecular complexity index is 718. The van der Waals surface area contributed by atoms with Gasteiger partial charge in [0.2, 0.25) is 0 Å². The highest BCUT2D eigenvalue weighted by atomic mass is 16.5. The summed E-state index contributed by atoms with van der Waals surface area (Å²) < 4.78 is 11.5. The molecule has 5 heteroatoms. The van der Waals surface area contributed by atoms with Gasteiger partial charge in [0.25, 0.3) is 5.91 Å². The van der Waals surface area contributed by atoms with Crippen LogP contribution in [0.1, 0.15) is 35.7 Å². The van der Waals surface area contributed by atoms with Crippen LogP contribution in [0, 0.1) is 0 Å².